The molecule has 9 heteroatoms. The highest BCUT2D eigenvalue weighted by molar-refractivity contribution is 7.99. The van der Waals surface area contributed by atoms with Gasteiger partial charge in [-0.15, -0.1) is 10.2 Å². The van der Waals surface area contributed by atoms with Crippen molar-refractivity contribution in [1.82, 2.24) is 20.1 Å². The Bertz CT molecular complexity index is 1190. The van der Waals surface area contributed by atoms with Crippen LogP contribution in [0.3, 0.4) is 0 Å². The molecule has 8 nitrogen and oxygen atoms in total. The lowest BCUT2D eigenvalue weighted by Crippen LogP contribution is -2.49. The van der Waals surface area contributed by atoms with E-state index in [2.05, 4.69) is 21.6 Å². The maximum absolute atomic E-state index is 12.6. The molecule has 0 saturated heterocycles. The van der Waals surface area contributed by atoms with Crippen LogP contribution in [0, 0.1) is 17.2 Å². The molecule has 3 aromatic rings. The number of carbonyl (C=O) groups excluding carboxylic acids is 1. The Morgan fingerprint density at radius 1 is 1.21 bits per heavy atom. The SMILES string of the molecule is CC(C)C(C)(C#N)NC(=O)CSc1nnc(-c2ccccc2)n1Cc1ccc2c(c1)OCO2. The number of nitrogens with one attached hydrogen (secondary N) is 1. The van der Waals surface area contributed by atoms with Gasteiger partial charge >= 0.3 is 0 Å². The van der Waals surface area contributed by atoms with Crippen LogP contribution in [0.2, 0.25) is 0 Å². The highest BCUT2D eigenvalue weighted by Crippen LogP contribution is 2.33. The number of amides is 1. The maximum atomic E-state index is 12.6. The predicted molar refractivity (Wildman–Crippen MR) is 125 cm³/mol. The van der Waals surface area contributed by atoms with Crippen LogP contribution < -0.4 is 14.8 Å². The number of carbonyl (C=O) groups is 1. The van der Waals surface area contributed by atoms with E-state index in [0.717, 1.165) is 16.9 Å². The molecule has 2 aromatic carbocycles. The van der Waals surface area contributed by atoms with Crippen molar-refractivity contribution in [2.75, 3.05) is 12.5 Å². The molecule has 33 heavy (non-hydrogen) atoms. The number of ether oxygens (including phenoxy) is 2. The van der Waals surface area contributed by atoms with Crippen molar-refractivity contribution >= 4 is 17.7 Å². The van der Waals surface area contributed by atoms with Gasteiger partial charge in [0.2, 0.25) is 12.7 Å². The summed E-state index contributed by atoms with van der Waals surface area (Å²) < 4.78 is 12.9. The lowest BCUT2D eigenvalue weighted by molar-refractivity contribution is -0.120. The van der Waals surface area contributed by atoms with E-state index in [1.165, 1.54) is 11.8 Å². The molecule has 1 amide bonds. The smallest absolute Gasteiger partial charge is 0.231 e. The van der Waals surface area contributed by atoms with Gasteiger partial charge in [-0.3, -0.25) is 9.36 Å². The molecular weight excluding hydrogens is 438 g/mol. The number of nitriles is 1. The van der Waals surface area contributed by atoms with E-state index in [0.29, 0.717) is 23.3 Å². The first-order valence-corrected chi connectivity index (χ1v) is 11.6. The number of thioether (sulfide) groups is 1. The third-order valence-corrected chi connectivity index (χ3v) is 6.61. The van der Waals surface area contributed by atoms with Crippen LogP contribution in [0.5, 0.6) is 11.5 Å². The molecule has 170 valence electrons. The van der Waals surface area contributed by atoms with Gasteiger partial charge in [0.05, 0.1) is 18.4 Å². The highest BCUT2D eigenvalue weighted by Gasteiger charge is 2.30. The minimum atomic E-state index is -0.924. The largest absolute Gasteiger partial charge is 0.454 e. The first-order valence-electron chi connectivity index (χ1n) is 10.6. The molecule has 0 spiro atoms. The van der Waals surface area contributed by atoms with Gasteiger partial charge in [-0.1, -0.05) is 62.0 Å². The predicted octanol–water partition coefficient (Wildman–Crippen LogP) is 3.87. The van der Waals surface area contributed by atoms with E-state index in [9.17, 15) is 10.1 Å². The van der Waals surface area contributed by atoms with E-state index >= 15 is 0 Å². The minimum absolute atomic E-state index is 0.0178. The van der Waals surface area contributed by atoms with Crippen LogP contribution in [0.1, 0.15) is 26.3 Å². The Morgan fingerprint density at radius 3 is 2.70 bits per heavy atom. The Balaban J connectivity index is 1.57. The monoisotopic (exact) mass is 463 g/mol. The quantitative estimate of drug-likeness (QED) is 0.506. The topological polar surface area (TPSA) is 102 Å². The lowest BCUT2D eigenvalue weighted by Gasteiger charge is -2.27. The fraction of sp³-hybridized carbons (Fsp3) is 0.333. The Labute approximate surface area is 196 Å². The Hall–Kier alpha value is -3.51. The average Bonchev–Trinajstić information content (AvgIpc) is 3.44. The second-order valence-electron chi connectivity index (χ2n) is 8.25. The van der Waals surface area contributed by atoms with E-state index in [1.54, 1.807) is 6.92 Å². The summed E-state index contributed by atoms with van der Waals surface area (Å²) in [5.74, 6) is 2.02. The van der Waals surface area contributed by atoms with Crippen LogP contribution >= 0.6 is 11.8 Å². The van der Waals surface area contributed by atoms with Crippen LogP contribution in [0.15, 0.2) is 53.7 Å². The van der Waals surface area contributed by atoms with Gasteiger partial charge in [-0.25, -0.2) is 0 Å². The van der Waals surface area contributed by atoms with Crippen molar-refractivity contribution in [2.45, 2.75) is 38.0 Å². The standard InChI is InChI=1S/C24H25N5O3S/c1-16(2)24(3,14-25)26-21(30)13-33-23-28-27-22(18-7-5-4-6-8-18)29(23)12-17-9-10-19-20(11-17)32-15-31-19/h4-11,16H,12-13,15H2,1-3H3,(H,26,30). The number of hydrogen-bond donors (Lipinski definition) is 1. The average molecular weight is 464 g/mol. The zero-order valence-corrected chi connectivity index (χ0v) is 19.6. The summed E-state index contributed by atoms with van der Waals surface area (Å²) >= 11 is 1.29. The van der Waals surface area contributed by atoms with Crippen LogP contribution in [-0.2, 0) is 11.3 Å². The molecule has 0 saturated carbocycles. The van der Waals surface area contributed by atoms with Gasteiger partial charge in [0.15, 0.2) is 22.5 Å². The molecule has 1 aromatic heterocycles. The van der Waals surface area contributed by atoms with Gasteiger partial charge in [0.1, 0.15) is 5.54 Å². The van der Waals surface area contributed by atoms with E-state index in [-0.39, 0.29) is 24.4 Å². The number of aromatic nitrogens is 3. The van der Waals surface area contributed by atoms with Crippen molar-refractivity contribution in [3.8, 4) is 29.0 Å². The summed E-state index contributed by atoms with van der Waals surface area (Å²) in [4.78, 5) is 12.6. The molecule has 0 radical (unpaired) electrons. The summed E-state index contributed by atoms with van der Waals surface area (Å²) in [6.45, 7) is 6.26. The van der Waals surface area contributed by atoms with E-state index < -0.39 is 5.54 Å². The second kappa shape index (κ2) is 9.55. The van der Waals surface area contributed by atoms with Crippen LogP contribution in [0.4, 0.5) is 0 Å². The van der Waals surface area contributed by atoms with Gasteiger partial charge in [0, 0.05) is 5.56 Å². The van der Waals surface area contributed by atoms with Crippen molar-refractivity contribution in [2.24, 2.45) is 5.92 Å². The van der Waals surface area contributed by atoms with Crippen LogP contribution in [-0.4, -0.2) is 38.8 Å². The normalized spacial score (nSPS) is 14.0. The van der Waals surface area contributed by atoms with E-state index in [1.807, 2.05) is 66.9 Å². The Kier molecular flexibility index (Phi) is 6.56. The maximum Gasteiger partial charge on any atom is 0.231 e. The van der Waals surface area contributed by atoms with Crippen molar-refractivity contribution in [3.05, 3.63) is 54.1 Å². The number of nitrogens with zero attached hydrogens (tertiary/aromatic N) is 4. The molecule has 1 atom stereocenters. The molecular formula is C24H25N5O3S. The number of benzene rings is 2. The van der Waals surface area contributed by atoms with Gasteiger partial charge in [-0.2, -0.15) is 5.26 Å². The third-order valence-electron chi connectivity index (χ3n) is 5.64. The second-order valence-corrected chi connectivity index (χ2v) is 9.19. The van der Waals surface area contributed by atoms with Crippen molar-refractivity contribution in [1.29, 1.82) is 5.26 Å². The minimum Gasteiger partial charge on any atom is -0.454 e. The van der Waals surface area contributed by atoms with Gasteiger partial charge in [-0.05, 0) is 30.5 Å². The first-order chi connectivity index (χ1) is 15.9. The van der Waals surface area contributed by atoms with Crippen molar-refractivity contribution in [3.63, 3.8) is 0 Å². The number of rotatable bonds is 8. The summed E-state index contributed by atoms with van der Waals surface area (Å²) in [5.41, 5.74) is 1.01. The third kappa shape index (κ3) is 4.96. The van der Waals surface area contributed by atoms with Gasteiger partial charge < -0.3 is 14.8 Å². The summed E-state index contributed by atoms with van der Waals surface area (Å²) in [7, 11) is 0. The highest BCUT2D eigenvalue weighted by atomic mass is 32.2. The Morgan fingerprint density at radius 2 is 1.97 bits per heavy atom. The fourth-order valence-corrected chi connectivity index (χ4v) is 4.06. The summed E-state index contributed by atoms with van der Waals surface area (Å²) in [5, 5.41) is 21.7. The zero-order valence-electron chi connectivity index (χ0n) is 18.7. The molecule has 4 rings (SSSR count). The first kappa shape index (κ1) is 22.7. The summed E-state index contributed by atoms with van der Waals surface area (Å²) in [6.07, 6.45) is 0. The number of hydrogen-bond acceptors (Lipinski definition) is 7. The van der Waals surface area contributed by atoms with Gasteiger partial charge in [0.25, 0.3) is 0 Å². The van der Waals surface area contributed by atoms with Crippen molar-refractivity contribution < 1.29 is 14.3 Å². The zero-order chi connectivity index (χ0) is 23.4. The summed E-state index contributed by atoms with van der Waals surface area (Å²) in [6, 6.07) is 17.8. The molecule has 1 aliphatic heterocycles. The van der Waals surface area contributed by atoms with E-state index in [4.69, 9.17) is 9.47 Å². The van der Waals surface area contributed by atoms with Crippen LogP contribution in [0.25, 0.3) is 11.4 Å². The molecule has 1 unspecified atom stereocenters. The number of fused-ring (bicyclic) bond motifs is 1. The molecule has 0 fully saturated rings. The molecule has 1 N–H and O–H groups in total. The fourth-order valence-electron chi connectivity index (χ4n) is 3.32. The molecule has 1 aliphatic rings. The molecule has 2 heterocycles. The molecule has 0 bridgehead atoms. The lowest BCUT2D eigenvalue weighted by atomic mass is 9.90. The molecule has 0 aliphatic carbocycles.